The molecule has 0 heterocycles. The van der Waals surface area contributed by atoms with E-state index in [2.05, 4.69) is 0 Å². The van der Waals surface area contributed by atoms with E-state index in [4.69, 9.17) is 0 Å². The molecule has 4 heteroatoms. The molecular weight excluding hydrogens is 334 g/mol. The first-order chi connectivity index (χ1) is 6.00. The van der Waals surface area contributed by atoms with Crippen LogP contribution in [0.1, 0.15) is 0 Å². The summed E-state index contributed by atoms with van der Waals surface area (Å²) >= 11 is 1.58. The molecule has 2 rings (SSSR count). The molecule has 0 N–H and O–H groups in total. The molecule has 0 amide bonds. The predicted molar refractivity (Wildman–Crippen MR) is 79.9 cm³/mol. The summed E-state index contributed by atoms with van der Waals surface area (Å²) < 4.78 is 0. The summed E-state index contributed by atoms with van der Waals surface area (Å²) in [7, 11) is 0. The maximum atomic E-state index is 2.00. The third kappa shape index (κ3) is 23.9. The molecule has 0 radical (unpaired) electrons. The smallest absolute Gasteiger partial charge is 0.172 e. The van der Waals surface area contributed by atoms with Gasteiger partial charge in [-0.05, 0) is 0 Å². The van der Waals surface area contributed by atoms with E-state index >= 15 is 0 Å². The molecular formula is C12H20Cl2SiZr-4. The van der Waals surface area contributed by atoms with E-state index in [-0.39, 0.29) is 39.7 Å². The summed E-state index contributed by atoms with van der Waals surface area (Å²) in [5.74, 6) is 0. The second-order valence-electron chi connectivity index (χ2n) is 1.92. The Labute approximate surface area is 130 Å². The van der Waals surface area contributed by atoms with Gasteiger partial charge in [-0.1, -0.05) is 0 Å². The van der Waals surface area contributed by atoms with Crippen LogP contribution < -0.4 is 0 Å². The van der Waals surface area contributed by atoms with Gasteiger partial charge in [-0.2, -0.15) is 36.4 Å². The molecule has 0 aromatic heterocycles. The minimum Gasteiger partial charge on any atom is -0.214 e. The Kier molecular flexibility index (Phi) is 55.2. The molecule has 2 aromatic rings. The maximum absolute atomic E-state index is 2.00. The number of hydrogen-bond donors (Lipinski definition) is 0. The van der Waals surface area contributed by atoms with Gasteiger partial charge < -0.3 is 14.9 Å². The second kappa shape index (κ2) is 29.5. The Morgan fingerprint density at radius 1 is 0.625 bits per heavy atom. The third-order valence-corrected chi connectivity index (χ3v) is 1.11. The van der Waals surface area contributed by atoms with E-state index < -0.39 is 0 Å². The van der Waals surface area contributed by atoms with Crippen molar-refractivity contribution < 1.29 is 23.3 Å². The van der Waals surface area contributed by atoms with Gasteiger partial charge in [0.15, 0.2) is 0 Å². The Hall–Kier alpha value is 0.380. The molecule has 0 saturated carbocycles. The molecule has 0 aliphatic rings. The summed E-state index contributed by atoms with van der Waals surface area (Å²) in [4.78, 5) is 0. The van der Waals surface area contributed by atoms with Gasteiger partial charge in [0, 0.05) is 0 Å². The largest absolute Gasteiger partial charge is 0.214 e. The van der Waals surface area contributed by atoms with E-state index in [1.54, 1.807) is 23.3 Å². The van der Waals surface area contributed by atoms with E-state index in [1.165, 1.54) is 0 Å². The first kappa shape index (κ1) is 29.9. The van der Waals surface area contributed by atoms with Crippen molar-refractivity contribution in [3.05, 3.63) is 75.5 Å². The Morgan fingerprint density at radius 2 is 0.812 bits per heavy atom. The van der Waals surface area contributed by atoms with Crippen molar-refractivity contribution in [2.45, 2.75) is 0 Å². The molecule has 2 aromatic carbocycles. The van der Waals surface area contributed by atoms with Gasteiger partial charge in [0.1, 0.15) is 0 Å². The van der Waals surface area contributed by atoms with Crippen molar-refractivity contribution in [3.8, 4) is 0 Å². The molecule has 0 fully saturated rings. The average Bonchev–Trinajstić information content (AvgIpc) is 2.87. The van der Waals surface area contributed by atoms with Crippen molar-refractivity contribution in [2.24, 2.45) is 0 Å². The maximum Gasteiger partial charge on any atom is -0.172 e. The topological polar surface area (TPSA) is 0 Å². The fourth-order valence-corrected chi connectivity index (χ4v) is 0.642. The molecule has 0 saturated heterocycles. The van der Waals surface area contributed by atoms with Crippen LogP contribution in [0.5, 0.6) is 0 Å². The van der Waals surface area contributed by atoms with Gasteiger partial charge in [-0.3, -0.25) is 0 Å². The zero-order valence-corrected chi connectivity index (χ0v) is 15.3. The fraction of sp³-hybridized carbons (Fsp3) is 0. The van der Waals surface area contributed by atoms with Crippen molar-refractivity contribution >= 4 is 31.7 Å². The molecule has 94 valence electrons. The average molecular weight is 355 g/mol. The molecule has 0 bridgehead atoms. The molecule has 16 heavy (non-hydrogen) atoms. The van der Waals surface area contributed by atoms with Crippen LogP contribution in [-0.2, 0) is 23.3 Å². The quantitative estimate of drug-likeness (QED) is 0.501. The minimum atomic E-state index is 0. The zero-order chi connectivity index (χ0) is 9.07. The number of halogens is 2. The molecule has 0 nitrogen and oxygen atoms in total. The summed E-state index contributed by atoms with van der Waals surface area (Å²) in [6.07, 6.45) is 0. The standard InChI is InChI=1S/2C5H5.2CH3.2ClH.H2Si.Zr/c2*1-2-4-5-3-1;;;;;;/h2*1-5H;2*1H3;2*1H;1H2;/q4*-1;;;;. The van der Waals surface area contributed by atoms with Crippen LogP contribution in [0.15, 0.2) is 60.7 Å². The van der Waals surface area contributed by atoms with E-state index in [0.29, 0.717) is 0 Å². The van der Waals surface area contributed by atoms with Gasteiger partial charge in [-0.25, -0.2) is 24.3 Å². The third-order valence-electron chi connectivity index (χ3n) is 1.11. The van der Waals surface area contributed by atoms with Crippen LogP contribution in [0, 0.1) is 14.9 Å². The second-order valence-corrected chi connectivity index (χ2v) is 1.92. The summed E-state index contributed by atoms with van der Waals surface area (Å²) in [6, 6.07) is 20.0. The molecule has 0 aliphatic heterocycles. The fourth-order valence-electron chi connectivity index (χ4n) is 0.642. The van der Waals surface area contributed by atoms with E-state index in [1.807, 2.05) is 67.5 Å². The van der Waals surface area contributed by atoms with Crippen molar-refractivity contribution in [1.29, 1.82) is 0 Å². The van der Waals surface area contributed by atoms with Crippen LogP contribution in [0.25, 0.3) is 0 Å². The monoisotopic (exact) mass is 352 g/mol. The molecule has 0 spiro atoms. The van der Waals surface area contributed by atoms with Gasteiger partial charge in [0.25, 0.3) is 0 Å². The van der Waals surface area contributed by atoms with E-state index in [9.17, 15) is 0 Å². The van der Waals surface area contributed by atoms with Crippen molar-refractivity contribution in [3.63, 3.8) is 0 Å². The Bertz CT molecular complexity index is 171. The van der Waals surface area contributed by atoms with Gasteiger partial charge >= 0.3 is 30.2 Å². The predicted octanol–water partition coefficient (Wildman–Crippen LogP) is 3.64. The normalized spacial score (nSPS) is 5.19. The van der Waals surface area contributed by atoms with Crippen LogP contribution in [0.2, 0.25) is 0 Å². The Morgan fingerprint density at radius 3 is 0.875 bits per heavy atom. The van der Waals surface area contributed by atoms with Crippen LogP contribution in [0.4, 0.5) is 0 Å². The van der Waals surface area contributed by atoms with Crippen molar-refractivity contribution in [2.75, 3.05) is 0 Å². The number of rotatable bonds is 0. The van der Waals surface area contributed by atoms with Crippen LogP contribution in [-0.4, -0.2) is 6.88 Å². The summed E-state index contributed by atoms with van der Waals surface area (Å²) in [5.41, 5.74) is 0. The first-order valence-electron chi connectivity index (χ1n) is 3.69. The molecule has 0 aliphatic carbocycles. The first-order valence-corrected chi connectivity index (χ1v) is 9.61. The Balaban J connectivity index is -0.0000000360. The zero-order valence-electron chi connectivity index (χ0n) is 9.80. The van der Waals surface area contributed by atoms with Gasteiger partial charge in [0.2, 0.25) is 0 Å². The van der Waals surface area contributed by atoms with Crippen molar-refractivity contribution in [1.82, 2.24) is 0 Å². The van der Waals surface area contributed by atoms with Crippen LogP contribution >= 0.6 is 24.8 Å². The summed E-state index contributed by atoms with van der Waals surface area (Å²) in [5, 5.41) is 0. The van der Waals surface area contributed by atoms with Gasteiger partial charge in [0.05, 0.1) is 0 Å². The van der Waals surface area contributed by atoms with E-state index in [0.717, 1.165) is 0 Å². The van der Waals surface area contributed by atoms with Gasteiger partial charge in [-0.15, -0.1) is 24.8 Å². The minimum absolute atomic E-state index is 0. The number of hydrogen-bond acceptors (Lipinski definition) is 0. The molecule has 0 unspecified atom stereocenters. The molecule has 0 atom stereocenters. The van der Waals surface area contributed by atoms with Crippen LogP contribution in [0.3, 0.4) is 0 Å². The summed E-state index contributed by atoms with van der Waals surface area (Å²) in [6.45, 7) is 1.95. The SMILES string of the molecule is Cl.Cl.[CH3-].[CH3-].[SiH2]=[Zr].c1cc[cH-]c1.c1cc[cH-]c1.